The maximum Gasteiger partial charge on any atom is 0.213 e. The highest BCUT2D eigenvalue weighted by molar-refractivity contribution is 6.32. The summed E-state index contributed by atoms with van der Waals surface area (Å²) >= 11 is 5.95. The number of rotatable bonds is 3. The topological polar surface area (TPSA) is 25.4 Å². The number of fused-ring (bicyclic) bond motifs is 1. The molecule has 2 aromatic rings. The minimum atomic E-state index is -0.477. The Bertz CT molecular complexity index is 677. The Morgan fingerprint density at radius 2 is 2.29 bits per heavy atom. The Morgan fingerprint density at radius 3 is 3.00 bits per heavy atom. The van der Waals surface area contributed by atoms with Crippen LogP contribution in [0.15, 0.2) is 18.2 Å². The zero-order chi connectivity index (χ0) is 15.0. The van der Waals surface area contributed by atoms with Crippen molar-refractivity contribution < 1.29 is 9.13 Å². The normalized spacial score (nSPS) is 19.3. The molecule has 3 rings (SSSR count). The number of pyridine rings is 1. The average molecular weight is 309 g/mol. The van der Waals surface area contributed by atoms with Gasteiger partial charge in [0.15, 0.2) is 5.82 Å². The molecule has 0 N–H and O–H groups in total. The van der Waals surface area contributed by atoms with Crippen molar-refractivity contribution in [2.24, 2.45) is 0 Å². The van der Waals surface area contributed by atoms with Crippen molar-refractivity contribution in [1.82, 2.24) is 9.88 Å². The lowest BCUT2D eigenvalue weighted by atomic mass is 10.1. The zero-order valence-electron chi connectivity index (χ0n) is 12.2. The Balaban J connectivity index is 1.83. The Labute approximate surface area is 128 Å². The third kappa shape index (κ3) is 2.83. The average Bonchev–Trinajstić information content (AvgIpc) is 2.88. The molecule has 21 heavy (non-hydrogen) atoms. The molecule has 0 amide bonds. The number of hydrogen-bond donors (Lipinski definition) is 0. The van der Waals surface area contributed by atoms with Crippen LogP contribution in [0.1, 0.15) is 18.4 Å². The lowest BCUT2D eigenvalue weighted by Crippen LogP contribution is -2.30. The Morgan fingerprint density at radius 1 is 1.48 bits per heavy atom. The first kappa shape index (κ1) is 14.5. The highest BCUT2D eigenvalue weighted by Gasteiger charge is 2.21. The number of hydrogen-bond acceptors (Lipinski definition) is 3. The van der Waals surface area contributed by atoms with Crippen molar-refractivity contribution in [3.05, 3.63) is 34.6 Å². The van der Waals surface area contributed by atoms with E-state index in [2.05, 4.69) is 16.9 Å². The third-order valence-electron chi connectivity index (χ3n) is 4.11. The monoisotopic (exact) mass is 308 g/mol. The van der Waals surface area contributed by atoms with E-state index < -0.39 is 5.82 Å². The van der Waals surface area contributed by atoms with E-state index in [1.54, 1.807) is 13.0 Å². The second-order valence-electron chi connectivity index (χ2n) is 5.63. The molecule has 0 saturated carbocycles. The fourth-order valence-electron chi connectivity index (χ4n) is 2.77. The van der Waals surface area contributed by atoms with E-state index in [-0.39, 0.29) is 10.5 Å². The van der Waals surface area contributed by atoms with Gasteiger partial charge in [0.2, 0.25) is 5.88 Å². The summed E-state index contributed by atoms with van der Waals surface area (Å²) in [5.74, 6) is -0.0308. The summed E-state index contributed by atoms with van der Waals surface area (Å²) in [4.78, 5) is 6.54. The van der Waals surface area contributed by atoms with Gasteiger partial charge in [0.25, 0.3) is 0 Å². The highest BCUT2D eigenvalue weighted by Crippen LogP contribution is 2.28. The number of halogens is 2. The molecule has 1 aliphatic heterocycles. The first-order chi connectivity index (χ1) is 10.1. The van der Waals surface area contributed by atoms with Crippen molar-refractivity contribution in [3.63, 3.8) is 0 Å². The zero-order valence-corrected chi connectivity index (χ0v) is 13.0. The summed E-state index contributed by atoms with van der Waals surface area (Å²) in [6.07, 6.45) is 2.32. The largest absolute Gasteiger partial charge is 0.476 e. The summed E-state index contributed by atoms with van der Waals surface area (Å²) < 4.78 is 19.9. The van der Waals surface area contributed by atoms with Crippen LogP contribution in [0.4, 0.5) is 4.39 Å². The molecule has 0 spiro atoms. The molecule has 1 saturated heterocycles. The van der Waals surface area contributed by atoms with E-state index in [1.807, 2.05) is 12.1 Å². The molecule has 2 heterocycles. The second-order valence-corrected chi connectivity index (χ2v) is 6.01. The number of nitrogens with zero attached hydrogens (tertiary/aromatic N) is 2. The van der Waals surface area contributed by atoms with Gasteiger partial charge >= 0.3 is 0 Å². The van der Waals surface area contributed by atoms with Crippen LogP contribution >= 0.6 is 11.6 Å². The molecule has 1 aromatic heterocycles. The van der Waals surface area contributed by atoms with Gasteiger partial charge in [0.1, 0.15) is 12.1 Å². The number of aryl methyl sites for hydroxylation is 1. The molecule has 1 fully saturated rings. The van der Waals surface area contributed by atoms with Crippen molar-refractivity contribution in [2.75, 3.05) is 20.2 Å². The van der Waals surface area contributed by atoms with E-state index in [1.165, 1.54) is 6.42 Å². The fraction of sp³-hybridized carbons (Fsp3) is 0.438. The van der Waals surface area contributed by atoms with Crippen LogP contribution in [0.5, 0.6) is 5.88 Å². The molecule has 1 atom stereocenters. The molecular weight excluding hydrogens is 291 g/mol. The number of likely N-dealkylation sites (tertiary alicyclic amines) is 1. The lowest BCUT2D eigenvalue weighted by molar-refractivity contribution is 0.193. The van der Waals surface area contributed by atoms with Crippen LogP contribution in [0.25, 0.3) is 10.9 Å². The first-order valence-electron chi connectivity index (χ1n) is 7.14. The molecule has 0 aliphatic carbocycles. The van der Waals surface area contributed by atoms with E-state index in [9.17, 15) is 4.39 Å². The molecule has 112 valence electrons. The van der Waals surface area contributed by atoms with Gasteiger partial charge in [-0.05, 0) is 51.1 Å². The maximum absolute atomic E-state index is 14.2. The van der Waals surface area contributed by atoms with Gasteiger partial charge in [0, 0.05) is 17.5 Å². The minimum Gasteiger partial charge on any atom is -0.476 e. The molecule has 1 aromatic carbocycles. The minimum absolute atomic E-state index is 0.127. The quantitative estimate of drug-likeness (QED) is 0.862. The van der Waals surface area contributed by atoms with Crippen LogP contribution < -0.4 is 4.74 Å². The lowest BCUT2D eigenvalue weighted by Gasteiger charge is -2.19. The molecule has 0 unspecified atom stereocenters. The van der Waals surface area contributed by atoms with Crippen molar-refractivity contribution >= 4 is 22.5 Å². The van der Waals surface area contributed by atoms with Crippen LogP contribution in [0.3, 0.4) is 0 Å². The summed E-state index contributed by atoms with van der Waals surface area (Å²) in [7, 11) is 2.09. The number of benzene rings is 1. The standard InChI is InChI=1S/C16H18ClFN2O/c1-10-8-11-5-6-13(19-16(11)15(18)14(10)17)21-9-12-4-3-7-20(12)2/h5-6,8,12H,3-4,7,9H2,1-2H3/t12-/m0/s1. The van der Waals surface area contributed by atoms with E-state index in [4.69, 9.17) is 16.3 Å². The van der Waals surface area contributed by atoms with Crippen LogP contribution in [0, 0.1) is 12.7 Å². The predicted octanol–water partition coefficient (Wildman–Crippen LogP) is 3.81. The molecule has 0 bridgehead atoms. The van der Waals surface area contributed by atoms with Crippen molar-refractivity contribution in [1.29, 1.82) is 0 Å². The van der Waals surface area contributed by atoms with Gasteiger partial charge in [-0.25, -0.2) is 9.37 Å². The van der Waals surface area contributed by atoms with Crippen molar-refractivity contribution in [3.8, 4) is 5.88 Å². The van der Waals surface area contributed by atoms with Crippen LogP contribution in [-0.2, 0) is 0 Å². The molecule has 5 heteroatoms. The smallest absolute Gasteiger partial charge is 0.213 e. The van der Waals surface area contributed by atoms with Gasteiger partial charge in [-0.1, -0.05) is 11.6 Å². The predicted molar refractivity (Wildman–Crippen MR) is 82.6 cm³/mol. The highest BCUT2D eigenvalue weighted by atomic mass is 35.5. The SMILES string of the molecule is Cc1cc2ccc(OC[C@@H]3CCCN3C)nc2c(F)c1Cl. The van der Waals surface area contributed by atoms with Gasteiger partial charge in [-0.15, -0.1) is 0 Å². The fourth-order valence-corrected chi connectivity index (χ4v) is 2.91. The van der Waals surface area contributed by atoms with E-state index >= 15 is 0 Å². The van der Waals surface area contributed by atoms with Gasteiger partial charge < -0.3 is 9.64 Å². The molecule has 1 aliphatic rings. The van der Waals surface area contributed by atoms with Gasteiger partial charge in [-0.2, -0.15) is 0 Å². The van der Waals surface area contributed by atoms with Crippen LogP contribution in [0.2, 0.25) is 5.02 Å². The van der Waals surface area contributed by atoms with Gasteiger partial charge in [-0.3, -0.25) is 0 Å². The molecule has 3 nitrogen and oxygen atoms in total. The summed E-state index contributed by atoms with van der Waals surface area (Å²) in [6, 6.07) is 5.85. The number of likely N-dealkylation sites (N-methyl/N-ethyl adjacent to an activating group) is 1. The summed E-state index contributed by atoms with van der Waals surface area (Å²) in [5.41, 5.74) is 0.979. The molecule has 0 radical (unpaired) electrons. The Hall–Kier alpha value is -1.39. The number of aromatic nitrogens is 1. The maximum atomic E-state index is 14.2. The van der Waals surface area contributed by atoms with E-state index in [0.29, 0.717) is 24.1 Å². The van der Waals surface area contributed by atoms with Crippen LogP contribution in [-0.4, -0.2) is 36.1 Å². The van der Waals surface area contributed by atoms with Crippen molar-refractivity contribution in [2.45, 2.75) is 25.8 Å². The number of ether oxygens (including phenoxy) is 1. The van der Waals surface area contributed by atoms with E-state index in [0.717, 1.165) is 18.4 Å². The third-order valence-corrected chi connectivity index (χ3v) is 4.58. The first-order valence-corrected chi connectivity index (χ1v) is 7.52. The Kier molecular flexibility index (Phi) is 4.00. The van der Waals surface area contributed by atoms with Gasteiger partial charge in [0.05, 0.1) is 5.02 Å². The summed E-state index contributed by atoms with van der Waals surface area (Å²) in [5, 5.41) is 0.863. The summed E-state index contributed by atoms with van der Waals surface area (Å²) in [6.45, 7) is 3.46. The second kappa shape index (κ2) is 5.78. The molecular formula is C16H18ClFN2O.